The van der Waals surface area contributed by atoms with Gasteiger partial charge in [0.2, 0.25) is 0 Å². The smallest absolute Gasteiger partial charge is 0.123 e. The van der Waals surface area contributed by atoms with Gasteiger partial charge in [-0.05, 0) is 38.2 Å². The van der Waals surface area contributed by atoms with E-state index in [1.807, 2.05) is 33.2 Å². The highest BCUT2D eigenvalue weighted by Crippen LogP contribution is 2.35. The average Bonchev–Trinajstić information content (AvgIpc) is 2.29. The maximum absolute atomic E-state index is 9.35. The lowest BCUT2D eigenvalue weighted by Gasteiger charge is -2.30. The van der Waals surface area contributed by atoms with Crippen LogP contribution in [0.4, 0.5) is 0 Å². The fourth-order valence-corrected chi connectivity index (χ4v) is 2.31. The fraction of sp³-hybridized carbons (Fsp3) is 0.538. The monoisotopic (exact) mass is 257 g/mol. The highest BCUT2D eigenvalue weighted by atomic mass is 35.5. The van der Waals surface area contributed by atoms with Crippen LogP contribution in [0.3, 0.4) is 0 Å². The molecule has 0 amide bonds. The molecule has 0 aliphatic rings. The van der Waals surface area contributed by atoms with Crippen molar-refractivity contribution >= 4 is 11.6 Å². The molecule has 96 valence electrons. The van der Waals surface area contributed by atoms with Gasteiger partial charge in [0.1, 0.15) is 5.75 Å². The minimum atomic E-state index is 0.0775. The van der Waals surface area contributed by atoms with Crippen molar-refractivity contribution in [3.05, 3.63) is 28.8 Å². The molecule has 17 heavy (non-hydrogen) atoms. The summed E-state index contributed by atoms with van der Waals surface area (Å²) in [5, 5.41) is 10.0. The maximum atomic E-state index is 9.35. The molecule has 1 aromatic carbocycles. The van der Waals surface area contributed by atoms with Crippen LogP contribution >= 0.6 is 11.6 Å². The second-order valence-electron chi connectivity index (χ2n) is 4.45. The summed E-state index contributed by atoms with van der Waals surface area (Å²) in [6, 6.07) is 5.64. The van der Waals surface area contributed by atoms with E-state index in [2.05, 4.69) is 4.90 Å². The topological polar surface area (TPSA) is 32.7 Å². The van der Waals surface area contributed by atoms with Crippen LogP contribution in [0.2, 0.25) is 5.02 Å². The normalized spacial score (nSPS) is 14.8. The van der Waals surface area contributed by atoms with Crippen LogP contribution in [0.15, 0.2) is 18.2 Å². The van der Waals surface area contributed by atoms with Gasteiger partial charge < -0.3 is 14.7 Å². The van der Waals surface area contributed by atoms with Crippen molar-refractivity contribution in [2.75, 3.05) is 27.8 Å². The number of hydrogen-bond acceptors (Lipinski definition) is 3. The van der Waals surface area contributed by atoms with E-state index in [-0.39, 0.29) is 18.6 Å². The molecule has 0 heterocycles. The van der Waals surface area contributed by atoms with Crippen LogP contribution in [0.5, 0.6) is 5.75 Å². The highest BCUT2D eigenvalue weighted by molar-refractivity contribution is 6.30. The molecule has 0 aliphatic carbocycles. The van der Waals surface area contributed by atoms with E-state index in [4.69, 9.17) is 16.3 Å². The van der Waals surface area contributed by atoms with Crippen molar-refractivity contribution in [2.45, 2.75) is 13.0 Å². The third kappa shape index (κ3) is 3.35. The van der Waals surface area contributed by atoms with Crippen molar-refractivity contribution in [2.24, 2.45) is 5.92 Å². The van der Waals surface area contributed by atoms with E-state index in [0.717, 1.165) is 11.3 Å². The number of benzene rings is 1. The summed E-state index contributed by atoms with van der Waals surface area (Å²) < 4.78 is 5.36. The molecule has 2 unspecified atom stereocenters. The second kappa shape index (κ2) is 6.24. The van der Waals surface area contributed by atoms with Crippen molar-refractivity contribution in [1.29, 1.82) is 0 Å². The Hall–Kier alpha value is -0.770. The number of methoxy groups -OCH3 is 1. The lowest BCUT2D eigenvalue weighted by Crippen LogP contribution is -2.28. The molecule has 4 heteroatoms. The fourth-order valence-electron chi connectivity index (χ4n) is 2.13. The van der Waals surface area contributed by atoms with Gasteiger partial charge in [0, 0.05) is 23.2 Å². The molecule has 0 aromatic heterocycles. The van der Waals surface area contributed by atoms with Gasteiger partial charge >= 0.3 is 0 Å². The molecule has 0 radical (unpaired) electrons. The molecule has 3 nitrogen and oxygen atoms in total. The lowest BCUT2D eigenvalue weighted by atomic mass is 9.93. The van der Waals surface area contributed by atoms with E-state index >= 15 is 0 Å². The predicted molar refractivity (Wildman–Crippen MR) is 70.7 cm³/mol. The molecule has 0 saturated carbocycles. The first-order valence-corrected chi connectivity index (χ1v) is 5.99. The zero-order valence-electron chi connectivity index (χ0n) is 10.8. The Morgan fingerprint density at radius 3 is 2.53 bits per heavy atom. The number of aliphatic hydroxyl groups is 1. The van der Waals surface area contributed by atoms with Crippen LogP contribution in [0, 0.1) is 5.92 Å². The van der Waals surface area contributed by atoms with Gasteiger partial charge in [-0.15, -0.1) is 0 Å². The maximum Gasteiger partial charge on any atom is 0.123 e. The predicted octanol–water partition coefficient (Wildman–Crippen LogP) is 2.58. The second-order valence-corrected chi connectivity index (χ2v) is 4.89. The SMILES string of the molecule is COc1ccc(Cl)cc1C(C(C)CO)N(C)C. The summed E-state index contributed by atoms with van der Waals surface area (Å²) >= 11 is 6.03. The van der Waals surface area contributed by atoms with Crippen LogP contribution < -0.4 is 4.74 Å². The Bertz CT molecular complexity index is 368. The Balaban J connectivity index is 3.21. The van der Waals surface area contributed by atoms with Gasteiger partial charge in [0.05, 0.1) is 7.11 Å². The standard InChI is InChI=1S/C13H20ClNO2/c1-9(8-16)13(15(2)3)11-7-10(14)5-6-12(11)17-4/h5-7,9,13,16H,8H2,1-4H3. The zero-order valence-corrected chi connectivity index (χ0v) is 11.5. The summed E-state index contributed by atoms with van der Waals surface area (Å²) in [4.78, 5) is 2.06. The Kier molecular flexibility index (Phi) is 5.25. The third-order valence-corrected chi connectivity index (χ3v) is 3.13. The van der Waals surface area contributed by atoms with Gasteiger partial charge in [0.15, 0.2) is 0 Å². The van der Waals surface area contributed by atoms with Gasteiger partial charge in [-0.2, -0.15) is 0 Å². The number of nitrogens with zero attached hydrogens (tertiary/aromatic N) is 1. The van der Waals surface area contributed by atoms with Crippen LogP contribution in [-0.2, 0) is 0 Å². The van der Waals surface area contributed by atoms with Gasteiger partial charge in [-0.25, -0.2) is 0 Å². The summed E-state index contributed by atoms with van der Waals surface area (Å²) in [6.45, 7) is 2.13. The van der Waals surface area contributed by atoms with Gasteiger partial charge in [-0.3, -0.25) is 0 Å². The number of aliphatic hydroxyl groups excluding tert-OH is 1. The molecule has 2 atom stereocenters. The highest BCUT2D eigenvalue weighted by Gasteiger charge is 2.24. The Morgan fingerprint density at radius 1 is 1.41 bits per heavy atom. The quantitative estimate of drug-likeness (QED) is 0.880. The molecule has 1 aromatic rings. The molecule has 0 fully saturated rings. The number of hydrogen-bond donors (Lipinski definition) is 1. The molecule has 0 bridgehead atoms. The molecule has 0 saturated heterocycles. The number of rotatable bonds is 5. The zero-order chi connectivity index (χ0) is 13.0. The van der Waals surface area contributed by atoms with Crippen LogP contribution in [0.1, 0.15) is 18.5 Å². The number of ether oxygens (including phenoxy) is 1. The van der Waals surface area contributed by atoms with E-state index in [1.54, 1.807) is 13.2 Å². The van der Waals surface area contributed by atoms with Crippen LogP contribution in [0.25, 0.3) is 0 Å². The van der Waals surface area contributed by atoms with E-state index < -0.39 is 0 Å². The van der Waals surface area contributed by atoms with Crippen LogP contribution in [-0.4, -0.2) is 37.8 Å². The third-order valence-electron chi connectivity index (χ3n) is 2.89. The molecule has 1 N–H and O–H groups in total. The summed E-state index contributed by atoms with van der Waals surface area (Å²) in [7, 11) is 5.61. The largest absolute Gasteiger partial charge is 0.496 e. The Morgan fingerprint density at radius 2 is 2.06 bits per heavy atom. The molecular formula is C13H20ClNO2. The summed E-state index contributed by atoms with van der Waals surface area (Å²) in [6.07, 6.45) is 0. The minimum absolute atomic E-state index is 0.0775. The van der Waals surface area contributed by atoms with E-state index in [9.17, 15) is 5.11 Å². The molecular weight excluding hydrogens is 238 g/mol. The first-order chi connectivity index (χ1) is 8.01. The van der Waals surface area contributed by atoms with E-state index in [0.29, 0.717) is 5.02 Å². The first kappa shape index (κ1) is 14.3. The van der Waals surface area contributed by atoms with Crippen molar-refractivity contribution in [3.8, 4) is 5.75 Å². The summed E-state index contributed by atoms with van der Waals surface area (Å²) in [5.74, 6) is 0.908. The van der Waals surface area contributed by atoms with Gasteiger partial charge in [-0.1, -0.05) is 18.5 Å². The van der Waals surface area contributed by atoms with E-state index in [1.165, 1.54) is 0 Å². The first-order valence-electron chi connectivity index (χ1n) is 5.62. The molecule has 0 aliphatic heterocycles. The lowest BCUT2D eigenvalue weighted by molar-refractivity contribution is 0.143. The van der Waals surface area contributed by atoms with Crippen molar-refractivity contribution < 1.29 is 9.84 Å². The summed E-state index contributed by atoms with van der Waals surface area (Å²) in [5.41, 5.74) is 1.01. The average molecular weight is 258 g/mol. The minimum Gasteiger partial charge on any atom is -0.496 e. The number of halogens is 1. The van der Waals surface area contributed by atoms with Crippen molar-refractivity contribution in [3.63, 3.8) is 0 Å². The Labute approximate surface area is 108 Å². The van der Waals surface area contributed by atoms with Gasteiger partial charge in [0.25, 0.3) is 0 Å². The molecule has 0 spiro atoms. The molecule has 1 rings (SSSR count). The van der Waals surface area contributed by atoms with Crippen molar-refractivity contribution in [1.82, 2.24) is 4.90 Å².